The summed E-state index contributed by atoms with van der Waals surface area (Å²) < 4.78 is 18.7. The van der Waals surface area contributed by atoms with E-state index in [-0.39, 0.29) is 29.7 Å². The molecule has 2 aromatic rings. The van der Waals surface area contributed by atoms with Crippen molar-refractivity contribution in [2.24, 2.45) is 5.73 Å². The van der Waals surface area contributed by atoms with Gasteiger partial charge in [0.2, 0.25) is 5.88 Å². The standard InChI is InChI=1S/C12H11FN4O/c13-10-4-2-1-3-8(10)6-18-12-9(11(14)15)5-16-7-17-12/h1-5,7H,6H2,(H3,14,15). The Hall–Kier alpha value is -2.50. The number of hydrogen-bond donors (Lipinski definition) is 2. The molecule has 2 rings (SSSR count). The summed E-state index contributed by atoms with van der Waals surface area (Å²) in [6, 6.07) is 6.28. The van der Waals surface area contributed by atoms with Crippen LogP contribution < -0.4 is 10.5 Å². The lowest BCUT2D eigenvalue weighted by Crippen LogP contribution is -2.14. The number of halogens is 1. The lowest BCUT2D eigenvalue weighted by molar-refractivity contribution is 0.287. The number of nitrogens with zero attached hydrogens (tertiary/aromatic N) is 2. The van der Waals surface area contributed by atoms with Crippen LogP contribution in [-0.4, -0.2) is 15.8 Å². The van der Waals surface area contributed by atoms with Gasteiger partial charge in [0, 0.05) is 11.8 Å². The molecule has 0 aliphatic heterocycles. The zero-order valence-corrected chi connectivity index (χ0v) is 9.43. The third kappa shape index (κ3) is 2.60. The van der Waals surface area contributed by atoms with Crippen molar-refractivity contribution in [3.63, 3.8) is 0 Å². The van der Waals surface area contributed by atoms with Crippen LogP contribution in [0, 0.1) is 11.2 Å². The molecule has 3 N–H and O–H groups in total. The number of nitrogens with one attached hydrogen (secondary N) is 1. The maximum atomic E-state index is 13.4. The smallest absolute Gasteiger partial charge is 0.227 e. The zero-order chi connectivity index (χ0) is 13.0. The Balaban J connectivity index is 2.16. The van der Waals surface area contributed by atoms with Gasteiger partial charge in [-0.15, -0.1) is 0 Å². The van der Waals surface area contributed by atoms with Gasteiger partial charge in [-0.2, -0.15) is 0 Å². The van der Waals surface area contributed by atoms with Crippen molar-refractivity contribution in [1.29, 1.82) is 5.41 Å². The molecule has 0 amide bonds. The van der Waals surface area contributed by atoms with E-state index in [1.165, 1.54) is 18.6 Å². The summed E-state index contributed by atoms with van der Waals surface area (Å²) in [5.74, 6) is -0.379. The molecule has 92 valence electrons. The van der Waals surface area contributed by atoms with Crippen LogP contribution in [0.1, 0.15) is 11.1 Å². The molecule has 0 aliphatic rings. The van der Waals surface area contributed by atoms with Crippen molar-refractivity contribution in [3.8, 4) is 5.88 Å². The molecule has 0 saturated carbocycles. The fraction of sp³-hybridized carbons (Fsp3) is 0.0833. The summed E-state index contributed by atoms with van der Waals surface area (Å²) in [5.41, 5.74) is 6.06. The molecule has 6 heteroatoms. The van der Waals surface area contributed by atoms with Crippen LogP contribution in [0.4, 0.5) is 4.39 Å². The second-order valence-corrected chi connectivity index (χ2v) is 3.54. The highest BCUT2D eigenvalue weighted by Crippen LogP contribution is 2.15. The minimum Gasteiger partial charge on any atom is -0.472 e. The van der Waals surface area contributed by atoms with Crippen molar-refractivity contribution in [1.82, 2.24) is 9.97 Å². The van der Waals surface area contributed by atoms with Gasteiger partial charge in [0.25, 0.3) is 0 Å². The van der Waals surface area contributed by atoms with Crippen LogP contribution in [0.5, 0.6) is 5.88 Å². The van der Waals surface area contributed by atoms with Gasteiger partial charge in [-0.05, 0) is 6.07 Å². The summed E-state index contributed by atoms with van der Waals surface area (Å²) in [4.78, 5) is 7.62. The molecule has 1 aromatic heterocycles. The van der Waals surface area contributed by atoms with Crippen molar-refractivity contribution in [3.05, 3.63) is 53.7 Å². The lowest BCUT2D eigenvalue weighted by Gasteiger charge is -2.09. The van der Waals surface area contributed by atoms with E-state index >= 15 is 0 Å². The Kier molecular flexibility index (Phi) is 3.47. The minimum atomic E-state index is -0.351. The zero-order valence-electron chi connectivity index (χ0n) is 9.43. The fourth-order valence-corrected chi connectivity index (χ4v) is 1.38. The summed E-state index contributed by atoms with van der Waals surface area (Å²) in [7, 11) is 0. The van der Waals surface area contributed by atoms with E-state index in [1.54, 1.807) is 18.2 Å². The normalized spacial score (nSPS) is 10.1. The molecule has 0 fully saturated rings. The summed E-state index contributed by atoms with van der Waals surface area (Å²) in [6.07, 6.45) is 2.66. The van der Waals surface area contributed by atoms with Gasteiger partial charge >= 0.3 is 0 Å². The Morgan fingerprint density at radius 3 is 2.89 bits per heavy atom. The maximum absolute atomic E-state index is 13.4. The summed E-state index contributed by atoms with van der Waals surface area (Å²) in [6.45, 7) is 0.0178. The monoisotopic (exact) mass is 246 g/mol. The topological polar surface area (TPSA) is 84.9 Å². The Morgan fingerprint density at radius 1 is 1.39 bits per heavy atom. The van der Waals surface area contributed by atoms with Crippen molar-refractivity contribution >= 4 is 5.84 Å². The molecule has 0 unspecified atom stereocenters. The second kappa shape index (κ2) is 5.22. The van der Waals surface area contributed by atoms with Crippen molar-refractivity contribution in [2.45, 2.75) is 6.61 Å². The van der Waals surface area contributed by atoms with E-state index in [0.29, 0.717) is 5.56 Å². The first-order valence-electron chi connectivity index (χ1n) is 5.19. The molecule has 5 nitrogen and oxygen atoms in total. The maximum Gasteiger partial charge on any atom is 0.227 e. The highest BCUT2D eigenvalue weighted by atomic mass is 19.1. The van der Waals surface area contributed by atoms with Crippen molar-refractivity contribution < 1.29 is 9.13 Å². The van der Waals surface area contributed by atoms with Crippen LogP contribution >= 0.6 is 0 Å². The lowest BCUT2D eigenvalue weighted by atomic mass is 10.2. The molecule has 0 atom stereocenters. The quantitative estimate of drug-likeness (QED) is 0.632. The average molecular weight is 246 g/mol. The minimum absolute atomic E-state index is 0.0178. The molecule has 1 heterocycles. The summed E-state index contributed by atoms with van der Waals surface area (Å²) in [5, 5.41) is 7.35. The van der Waals surface area contributed by atoms with E-state index in [0.717, 1.165) is 0 Å². The third-order valence-electron chi connectivity index (χ3n) is 2.29. The SMILES string of the molecule is N=C(N)c1cncnc1OCc1ccccc1F. The largest absolute Gasteiger partial charge is 0.472 e. The Bertz CT molecular complexity index is 574. The third-order valence-corrected chi connectivity index (χ3v) is 2.29. The van der Waals surface area contributed by atoms with E-state index in [1.807, 2.05) is 0 Å². The fourth-order valence-electron chi connectivity index (χ4n) is 1.38. The first kappa shape index (κ1) is 12.0. The highest BCUT2D eigenvalue weighted by molar-refractivity contribution is 5.96. The van der Waals surface area contributed by atoms with Gasteiger partial charge in [-0.25, -0.2) is 14.4 Å². The molecule has 0 saturated heterocycles. The molecular weight excluding hydrogens is 235 g/mol. The number of rotatable bonds is 4. The number of benzene rings is 1. The second-order valence-electron chi connectivity index (χ2n) is 3.54. The van der Waals surface area contributed by atoms with Crippen LogP contribution in [-0.2, 0) is 6.61 Å². The predicted octanol–water partition coefficient (Wildman–Crippen LogP) is 1.48. The van der Waals surface area contributed by atoms with Gasteiger partial charge in [0.05, 0.1) is 5.56 Å². The average Bonchev–Trinajstić information content (AvgIpc) is 2.38. The molecule has 18 heavy (non-hydrogen) atoms. The van der Waals surface area contributed by atoms with Crippen LogP contribution in [0.3, 0.4) is 0 Å². The van der Waals surface area contributed by atoms with Gasteiger partial charge < -0.3 is 10.5 Å². The van der Waals surface area contributed by atoms with Gasteiger partial charge in [-0.3, -0.25) is 5.41 Å². The number of amidine groups is 1. The van der Waals surface area contributed by atoms with E-state index in [9.17, 15) is 4.39 Å². The number of nitrogen functional groups attached to an aromatic ring is 1. The molecule has 0 aliphatic carbocycles. The Labute approximate surface area is 103 Å². The number of ether oxygens (including phenoxy) is 1. The highest BCUT2D eigenvalue weighted by Gasteiger charge is 2.09. The van der Waals surface area contributed by atoms with Crippen LogP contribution in [0.15, 0.2) is 36.8 Å². The van der Waals surface area contributed by atoms with Crippen LogP contribution in [0.2, 0.25) is 0 Å². The molecule has 1 aromatic carbocycles. The van der Waals surface area contributed by atoms with Crippen LogP contribution in [0.25, 0.3) is 0 Å². The number of hydrogen-bond acceptors (Lipinski definition) is 4. The Morgan fingerprint density at radius 2 is 2.17 bits per heavy atom. The van der Waals surface area contributed by atoms with Gasteiger partial charge in [0.15, 0.2) is 0 Å². The molecule has 0 radical (unpaired) electrons. The van der Waals surface area contributed by atoms with E-state index in [2.05, 4.69) is 9.97 Å². The molecular formula is C12H11FN4O. The van der Waals surface area contributed by atoms with Gasteiger partial charge in [0.1, 0.15) is 24.6 Å². The number of aromatic nitrogens is 2. The van der Waals surface area contributed by atoms with Crippen molar-refractivity contribution in [2.75, 3.05) is 0 Å². The van der Waals surface area contributed by atoms with E-state index < -0.39 is 0 Å². The predicted molar refractivity (Wildman–Crippen MR) is 63.8 cm³/mol. The first-order chi connectivity index (χ1) is 8.68. The van der Waals surface area contributed by atoms with Gasteiger partial charge in [-0.1, -0.05) is 18.2 Å². The molecule has 0 spiro atoms. The molecule has 0 bridgehead atoms. The summed E-state index contributed by atoms with van der Waals surface area (Å²) >= 11 is 0. The number of nitrogens with two attached hydrogens (primary N) is 1. The van der Waals surface area contributed by atoms with E-state index in [4.69, 9.17) is 15.9 Å². The first-order valence-corrected chi connectivity index (χ1v) is 5.19.